The molecule has 1 saturated heterocycles. The molecule has 1 aliphatic heterocycles. The number of rotatable bonds is 3. The number of aryl methyl sites for hydroxylation is 1. The van der Waals surface area contributed by atoms with Gasteiger partial charge in [-0.3, -0.25) is 4.90 Å². The molecule has 0 bridgehead atoms. The zero-order valence-electron chi connectivity index (χ0n) is 11.5. The van der Waals surface area contributed by atoms with Crippen molar-refractivity contribution >= 4 is 0 Å². The molecule has 1 atom stereocenters. The molecule has 0 amide bonds. The molecule has 0 spiro atoms. The molecule has 0 aromatic heterocycles. The third-order valence-corrected chi connectivity index (χ3v) is 3.85. The molecule has 1 heterocycles. The van der Waals surface area contributed by atoms with Gasteiger partial charge in [-0.25, -0.2) is 0 Å². The van der Waals surface area contributed by atoms with Gasteiger partial charge in [0.15, 0.2) is 0 Å². The van der Waals surface area contributed by atoms with Crippen molar-refractivity contribution in [2.24, 2.45) is 0 Å². The highest BCUT2D eigenvalue weighted by Crippen LogP contribution is 2.31. The van der Waals surface area contributed by atoms with Gasteiger partial charge in [0.25, 0.3) is 0 Å². The van der Waals surface area contributed by atoms with E-state index >= 15 is 0 Å². The molecule has 1 aromatic carbocycles. The lowest BCUT2D eigenvalue weighted by Crippen LogP contribution is -2.53. The Hall–Kier alpha value is -0.900. The fourth-order valence-corrected chi connectivity index (χ4v) is 2.56. The summed E-state index contributed by atoms with van der Waals surface area (Å²) in [6, 6.07) is 8.12. The molecule has 100 valence electrons. The van der Waals surface area contributed by atoms with Gasteiger partial charge < -0.3 is 9.84 Å². The minimum absolute atomic E-state index is 0.266. The van der Waals surface area contributed by atoms with Crippen LogP contribution in [-0.2, 0) is 4.74 Å². The summed E-state index contributed by atoms with van der Waals surface area (Å²) >= 11 is 0. The van der Waals surface area contributed by atoms with Gasteiger partial charge in [-0.2, -0.15) is 0 Å². The van der Waals surface area contributed by atoms with Crippen LogP contribution in [-0.4, -0.2) is 41.8 Å². The van der Waals surface area contributed by atoms with Gasteiger partial charge >= 0.3 is 0 Å². The number of ether oxygens (including phenoxy) is 1. The first-order valence-electron chi connectivity index (χ1n) is 6.59. The van der Waals surface area contributed by atoms with Crippen LogP contribution >= 0.6 is 0 Å². The van der Waals surface area contributed by atoms with Crippen LogP contribution in [0.4, 0.5) is 0 Å². The number of nitrogens with zero attached hydrogens (tertiary/aromatic N) is 1. The Morgan fingerprint density at radius 2 is 1.94 bits per heavy atom. The molecule has 18 heavy (non-hydrogen) atoms. The SMILES string of the molecule is Cc1cccc(C(O)C(C)(C)N2CCOCC2)c1. The molecule has 0 aliphatic carbocycles. The van der Waals surface area contributed by atoms with Gasteiger partial charge in [-0.05, 0) is 26.3 Å². The van der Waals surface area contributed by atoms with Crippen LogP contribution in [0.3, 0.4) is 0 Å². The minimum Gasteiger partial charge on any atom is -0.386 e. The van der Waals surface area contributed by atoms with Gasteiger partial charge in [0.2, 0.25) is 0 Å². The van der Waals surface area contributed by atoms with Crippen LogP contribution in [0.2, 0.25) is 0 Å². The standard InChI is InChI=1S/C15H23NO2/c1-12-5-4-6-13(11-12)14(17)15(2,3)16-7-9-18-10-8-16/h4-6,11,14,17H,7-10H2,1-3H3. The molecule has 3 heteroatoms. The quantitative estimate of drug-likeness (QED) is 0.891. The number of aliphatic hydroxyl groups excluding tert-OH is 1. The first-order valence-corrected chi connectivity index (χ1v) is 6.59. The fourth-order valence-electron chi connectivity index (χ4n) is 2.56. The third-order valence-electron chi connectivity index (χ3n) is 3.85. The molecule has 1 fully saturated rings. The van der Waals surface area contributed by atoms with Crippen molar-refractivity contribution in [2.45, 2.75) is 32.4 Å². The van der Waals surface area contributed by atoms with E-state index in [1.54, 1.807) is 0 Å². The Bertz CT molecular complexity index is 397. The summed E-state index contributed by atoms with van der Waals surface area (Å²) in [4.78, 5) is 2.31. The average molecular weight is 249 g/mol. The molecule has 1 aliphatic rings. The van der Waals surface area contributed by atoms with Gasteiger partial charge in [0, 0.05) is 18.6 Å². The normalized spacial score (nSPS) is 19.8. The monoisotopic (exact) mass is 249 g/mol. The highest BCUT2D eigenvalue weighted by molar-refractivity contribution is 5.26. The van der Waals surface area contributed by atoms with E-state index in [1.165, 1.54) is 5.56 Å². The van der Waals surface area contributed by atoms with Crippen molar-refractivity contribution in [1.82, 2.24) is 4.90 Å². The van der Waals surface area contributed by atoms with E-state index in [2.05, 4.69) is 37.8 Å². The lowest BCUT2D eigenvalue weighted by molar-refractivity contribution is -0.0630. The molecular weight excluding hydrogens is 226 g/mol. The topological polar surface area (TPSA) is 32.7 Å². The van der Waals surface area contributed by atoms with E-state index in [0.29, 0.717) is 0 Å². The summed E-state index contributed by atoms with van der Waals surface area (Å²) in [6.45, 7) is 9.54. The molecule has 1 aromatic rings. The Labute approximate surface area is 109 Å². The summed E-state index contributed by atoms with van der Waals surface area (Å²) in [5.41, 5.74) is 1.91. The smallest absolute Gasteiger partial charge is 0.0968 e. The van der Waals surface area contributed by atoms with Crippen molar-refractivity contribution in [3.63, 3.8) is 0 Å². The Morgan fingerprint density at radius 1 is 1.28 bits per heavy atom. The van der Waals surface area contributed by atoms with Crippen molar-refractivity contribution in [3.8, 4) is 0 Å². The Morgan fingerprint density at radius 3 is 2.56 bits per heavy atom. The zero-order valence-corrected chi connectivity index (χ0v) is 11.5. The second kappa shape index (κ2) is 5.39. The molecule has 1 unspecified atom stereocenters. The summed E-state index contributed by atoms with van der Waals surface area (Å²) in [6.07, 6.45) is -0.476. The number of hydrogen-bond acceptors (Lipinski definition) is 3. The van der Waals surface area contributed by atoms with Crippen molar-refractivity contribution in [3.05, 3.63) is 35.4 Å². The molecule has 0 saturated carbocycles. The predicted octanol–water partition coefficient (Wildman–Crippen LogP) is 2.14. The molecule has 3 nitrogen and oxygen atoms in total. The summed E-state index contributed by atoms with van der Waals surface area (Å²) in [7, 11) is 0. The highest BCUT2D eigenvalue weighted by Gasteiger charge is 2.35. The van der Waals surface area contributed by atoms with Crippen molar-refractivity contribution in [2.75, 3.05) is 26.3 Å². The number of benzene rings is 1. The first-order chi connectivity index (χ1) is 8.51. The van der Waals surface area contributed by atoms with E-state index < -0.39 is 6.10 Å². The lowest BCUT2D eigenvalue weighted by atomic mass is 9.88. The van der Waals surface area contributed by atoms with Crippen LogP contribution in [0.15, 0.2) is 24.3 Å². The Kier molecular flexibility index (Phi) is 4.05. The fraction of sp³-hybridized carbons (Fsp3) is 0.600. The van der Waals surface area contributed by atoms with Crippen molar-refractivity contribution in [1.29, 1.82) is 0 Å². The maximum Gasteiger partial charge on any atom is 0.0968 e. The number of hydrogen-bond donors (Lipinski definition) is 1. The van der Waals surface area contributed by atoms with Gasteiger partial charge in [-0.15, -0.1) is 0 Å². The zero-order chi connectivity index (χ0) is 13.2. The average Bonchev–Trinajstić information content (AvgIpc) is 2.39. The maximum atomic E-state index is 10.6. The first kappa shape index (κ1) is 13.5. The number of morpholine rings is 1. The van der Waals surface area contributed by atoms with Crippen LogP contribution in [0.25, 0.3) is 0 Å². The highest BCUT2D eigenvalue weighted by atomic mass is 16.5. The van der Waals surface area contributed by atoms with Crippen LogP contribution < -0.4 is 0 Å². The number of aliphatic hydroxyl groups is 1. The van der Waals surface area contributed by atoms with Gasteiger partial charge in [0.05, 0.1) is 19.3 Å². The van der Waals surface area contributed by atoms with E-state index in [9.17, 15) is 5.11 Å². The van der Waals surface area contributed by atoms with Crippen molar-refractivity contribution < 1.29 is 9.84 Å². The molecule has 2 rings (SSSR count). The van der Waals surface area contributed by atoms with E-state index in [-0.39, 0.29) is 5.54 Å². The maximum absolute atomic E-state index is 10.6. The molecular formula is C15H23NO2. The van der Waals surface area contributed by atoms with E-state index in [1.807, 2.05) is 12.1 Å². The minimum atomic E-state index is -0.476. The molecule has 1 N–H and O–H groups in total. The summed E-state index contributed by atoms with van der Waals surface area (Å²) in [5.74, 6) is 0. The predicted molar refractivity (Wildman–Crippen MR) is 72.6 cm³/mol. The van der Waals surface area contributed by atoms with Crippen LogP contribution in [0, 0.1) is 6.92 Å². The van der Waals surface area contributed by atoms with E-state index in [0.717, 1.165) is 31.9 Å². The van der Waals surface area contributed by atoms with Crippen LogP contribution in [0.5, 0.6) is 0 Å². The second-order valence-corrected chi connectivity index (χ2v) is 5.57. The third kappa shape index (κ3) is 2.74. The van der Waals surface area contributed by atoms with Gasteiger partial charge in [-0.1, -0.05) is 29.8 Å². The van der Waals surface area contributed by atoms with Crippen LogP contribution in [0.1, 0.15) is 31.1 Å². The second-order valence-electron chi connectivity index (χ2n) is 5.57. The van der Waals surface area contributed by atoms with Gasteiger partial charge in [0.1, 0.15) is 0 Å². The lowest BCUT2D eigenvalue weighted by Gasteiger charge is -2.43. The summed E-state index contributed by atoms with van der Waals surface area (Å²) in [5, 5.41) is 10.6. The van der Waals surface area contributed by atoms with E-state index in [4.69, 9.17) is 4.74 Å². The Balaban J connectivity index is 2.17. The largest absolute Gasteiger partial charge is 0.386 e. The summed E-state index contributed by atoms with van der Waals surface area (Å²) < 4.78 is 5.38. The molecule has 0 radical (unpaired) electrons.